The summed E-state index contributed by atoms with van der Waals surface area (Å²) in [6, 6.07) is 5.28. The Morgan fingerprint density at radius 3 is 2.55 bits per heavy atom. The van der Waals surface area contributed by atoms with Gasteiger partial charge in [0.25, 0.3) is 0 Å². The van der Waals surface area contributed by atoms with Crippen LogP contribution in [0, 0.1) is 5.41 Å². The number of fused-ring (bicyclic) bond motifs is 1. The molecule has 0 radical (unpaired) electrons. The molecule has 0 saturated carbocycles. The van der Waals surface area contributed by atoms with Crippen LogP contribution in [0.15, 0.2) is 18.2 Å². The van der Waals surface area contributed by atoms with Crippen molar-refractivity contribution >= 4 is 5.91 Å². The van der Waals surface area contributed by atoms with Gasteiger partial charge in [-0.05, 0) is 24.6 Å². The van der Waals surface area contributed by atoms with Crippen LogP contribution in [0.2, 0.25) is 0 Å². The van der Waals surface area contributed by atoms with Gasteiger partial charge in [0.2, 0.25) is 12.7 Å². The summed E-state index contributed by atoms with van der Waals surface area (Å²) in [5.74, 6) is 1.19. The van der Waals surface area contributed by atoms with Gasteiger partial charge in [-0.25, -0.2) is 0 Å². The third kappa shape index (κ3) is 3.04. The minimum Gasteiger partial charge on any atom is -0.454 e. The van der Waals surface area contributed by atoms with Gasteiger partial charge in [0.15, 0.2) is 11.5 Å². The van der Waals surface area contributed by atoms with Crippen molar-refractivity contribution in [2.75, 3.05) is 13.3 Å². The first-order valence-corrected chi connectivity index (χ1v) is 6.61. The van der Waals surface area contributed by atoms with Crippen molar-refractivity contribution in [3.8, 4) is 11.5 Å². The second-order valence-electron chi connectivity index (χ2n) is 6.27. The van der Waals surface area contributed by atoms with E-state index in [4.69, 9.17) is 9.47 Å². The van der Waals surface area contributed by atoms with E-state index in [1.165, 1.54) is 0 Å². The average molecular weight is 279 g/mol. The Hall–Kier alpha value is -1.75. The lowest BCUT2D eigenvalue weighted by Gasteiger charge is -2.27. The van der Waals surface area contributed by atoms with Crippen molar-refractivity contribution in [3.05, 3.63) is 23.8 Å². The first kappa shape index (κ1) is 14.7. The van der Waals surface area contributed by atoms with Gasteiger partial charge < -0.3 is 19.9 Å². The summed E-state index contributed by atoms with van der Waals surface area (Å²) < 4.78 is 10.5. The molecule has 0 unspecified atom stereocenters. The molecule has 2 rings (SSSR count). The molecule has 2 N–H and O–H groups in total. The molecule has 110 valence electrons. The summed E-state index contributed by atoms with van der Waals surface area (Å²) in [6.45, 7) is 7.49. The van der Waals surface area contributed by atoms with Crippen LogP contribution < -0.4 is 14.8 Å². The molecule has 1 aromatic rings. The van der Waals surface area contributed by atoms with E-state index in [1.54, 1.807) is 25.1 Å². The number of nitrogens with one attached hydrogen (secondary N) is 1. The highest BCUT2D eigenvalue weighted by Crippen LogP contribution is 2.35. The predicted molar refractivity (Wildman–Crippen MR) is 74.6 cm³/mol. The Morgan fingerprint density at radius 1 is 1.25 bits per heavy atom. The van der Waals surface area contributed by atoms with E-state index in [9.17, 15) is 9.90 Å². The lowest BCUT2D eigenvalue weighted by Crippen LogP contribution is -2.43. The maximum atomic E-state index is 11.9. The highest BCUT2D eigenvalue weighted by Gasteiger charge is 2.29. The van der Waals surface area contributed by atoms with Gasteiger partial charge >= 0.3 is 0 Å². The molecule has 20 heavy (non-hydrogen) atoms. The van der Waals surface area contributed by atoms with E-state index in [2.05, 4.69) is 5.32 Å². The normalized spacial score (nSPS) is 16.6. The van der Waals surface area contributed by atoms with Gasteiger partial charge in [-0.3, -0.25) is 4.79 Å². The van der Waals surface area contributed by atoms with Crippen LogP contribution in [0.5, 0.6) is 11.5 Å². The zero-order valence-corrected chi connectivity index (χ0v) is 12.3. The molecular formula is C15H21NO4. The quantitative estimate of drug-likeness (QED) is 0.885. The van der Waals surface area contributed by atoms with Crippen molar-refractivity contribution in [1.29, 1.82) is 0 Å². The highest BCUT2D eigenvalue weighted by molar-refractivity contribution is 5.81. The summed E-state index contributed by atoms with van der Waals surface area (Å²) in [5.41, 5.74) is -0.969. The fourth-order valence-electron chi connectivity index (χ4n) is 1.85. The largest absolute Gasteiger partial charge is 0.454 e. The molecule has 1 aliphatic rings. The van der Waals surface area contributed by atoms with E-state index in [-0.39, 0.29) is 19.2 Å². The minimum atomic E-state index is -1.16. The van der Waals surface area contributed by atoms with Crippen molar-refractivity contribution in [2.24, 2.45) is 5.41 Å². The fraction of sp³-hybridized carbons (Fsp3) is 0.533. The fourth-order valence-corrected chi connectivity index (χ4v) is 1.85. The lowest BCUT2D eigenvalue weighted by molar-refractivity contribution is -0.129. The predicted octanol–water partition coefficient (Wildman–Crippen LogP) is 1.79. The summed E-state index contributed by atoms with van der Waals surface area (Å²) >= 11 is 0. The molecule has 5 heteroatoms. The molecule has 0 saturated heterocycles. The number of aliphatic hydroxyl groups is 1. The summed E-state index contributed by atoms with van der Waals surface area (Å²) in [6.07, 6.45) is 0. The van der Waals surface area contributed by atoms with Crippen LogP contribution in [-0.2, 0) is 10.4 Å². The Labute approximate surface area is 118 Å². The molecule has 1 aliphatic heterocycles. The Balaban J connectivity index is 2.08. The average Bonchev–Trinajstić information content (AvgIpc) is 2.81. The molecule has 0 aromatic heterocycles. The molecule has 0 spiro atoms. The Morgan fingerprint density at radius 2 is 1.90 bits per heavy atom. The van der Waals surface area contributed by atoms with E-state index >= 15 is 0 Å². The van der Waals surface area contributed by atoms with E-state index < -0.39 is 11.0 Å². The smallest absolute Gasteiger partial charge is 0.231 e. The number of amides is 1. The van der Waals surface area contributed by atoms with Gasteiger partial charge in [-0.1, -0.05) is 26.8 Å². The lowest BCUT2D eigenvalue weighted by atomic mass is 9.93. The van der Waals surface area contributed by atoms with Crippen LogP contribution in [0.3, 0.4) is 0 Å². The standard InChI is InChI=1S/C15H21NO4/c1-14(2,3)13(17)16-8-15(4,18)10-5-6-11-12(7-10)20-9-19-11/h5-7,18H,8-9H2,1-4H3,(H,16,17)/t15-/m0/s1. The van der Waals surface area contributed by atoms with Crippen LogP contribution >= 0.6 is 0 Å². The topological polar surface area (TPSA) is 67.8 Å². The molecular weight excluding hydrogens is 258 g/mol. The summed E-state index contributed by atoms with van der Waals surface area (Å²) in [5, 5.41) is 13.3. The number of rotatable bonds is 3. The number of hydrogen-bond donors (Lipinski definition) is 2. The van der Waals surface area contributed by atoms with E-state index in [0.29, 0.717) is 17.1 Å². The SMILES string of the molecule is CC(C)(C)C(=O)NC[C@](C)(O)c1ccc2c(c1)OCO2. The number of hydrogen-bond acceptors (Lipinski definition) is 4. The van der Waals surface area contributed by atoms with E-state index in [0.717, 1.165) is 0 Å². The molecule has 0 bridgehead atoms. The number of benzene rings is 1. The van der Waals surface area contributed by atoms with Crippen LogP contribution in [0.1, 0.15) is 33.3 Å². The third-order valence-electron chi connectivity index (χ3n) is 3.27. The van der Waals surface area contributed by atoms with Crippen LogP contribution in [0.4, 0.5) is 0 Å². The third-order valence-corrected chi connectivity index (χ3v) is 3.27. The molecule has 1 aromatic carbocycles. The first-order chi connectivity index (χ1) is 9.20. The summed E-state index contributed by atoms with van der Waals surface area (Å²) in [4.78, 5) is 11.9. The van der Waals surface area contributed by atoms with Gasteiger partial charge in [0.05, 0.1) is 6.54 Å². The number of carbonyl (C=O) groups is 1. The first-order valence-electron chi connectivity index (χ1n) is 6.61. The number of carbonyl (C=O) groups excluding carboxylic acids is 1. The number of ether oxygens (including phenoxy) is 2. The van der Waals surface area contributed by atoms with E-state index in [1.807, 2.05) is 20.8 Å². The van der Waals surface area contributed by atoms with Crippen LogP contribution in [-0.4, -0.2) is 24.4 Å². The van der Waals surface area contributed by atoms with Crippen molar-refractivity contribution < 1.29 is 19.4 Å². The monoisotopic (exact) mass is 279 g/mol. The second kappa shape index (κ2) is 4.98. The zero-order chi connectivity index (χ0) is 15.0. The minimum absolute atomic E-state index is 0.0986. The van der Waals surface area contributed by atoms with Crippen molar-refractivity contribution in [3.63, 3.8) is 0 Å². The Bertz CT molecular complexity index is 517. The molecule has 0 fully saturated rings. The molecule has 1 atom stereocenters. The van der Waals surface area contributed by atoms with Crippen LogP contribution in [0.25, 0.3) is 0 Å². The Kier molecular flexibility index (Phi) is 3.65. The van der Waals surface area contributed by atoms with Crippen molar-refractivity contribution in [2.45, 2.75) is 33.3 Å². The maximum absolute atomic E-state index is 11.9. The second-order valence-corrected chi connectivity index (χ2v) is 6.27. The maximum Gasteiger partial charge on any atom is 0.231 e. The van der Waals surface area contributed by atoms with Gasteiger partial charge in [-0.15, -0.1) is 0 Å². The molecule has 1 amide bonds. The zero-order valence-electron chi connectivity index (χ0n) is 12.3. The van der Waals surface area contributed by atoms with Gasteiger partial charge in [0.1, 0.15) is 5.60 Å². The van der Waals surface area contributed by atoms with Crippen molar-refractivity contribution in [1.82, 2.24) is 5.32 Å². The van der Waals surface area contributed by atoms with Gasteiger partial charge in [-0.2, -0.15) is 0 Å². The molecule has 1 heterocycles. The highest BCUT2D eigenvalue weighted by atomic mass is 16.7. The molecule has 5 nitrogen and oxygen atoms in total. The summed E-state index contributed by atoms with van der Waals surface area (Å²) in [7, 11) is 0. The van der Waals surface area contributed by atoms with Gasteiger partial charge in [0, 0.05) is 5.41 Å². The molecule has 0 aliphatic carbocycles.